The Bertz CT molecular complexity index is 583. The quantitative estimate of drug-likeness (QED) is 0.652. The molecule has 3 unspecified atom stereocenters. The summed E-state index contributed by atoms with van der Waals surface area (Å²) in [5.74, 6) is -1.10. The molecule has 1 saturated heterocycles. The van der Waals surface area contributed by atoms with Gasteiger partial charge in [0.1, 0.15) is 6.23 Å². The molecule has 8 heteroatoms. The van der Waals surface area contributed by atoms with Gasteiger partial charge in [0, 0.05) is 11.8 Å². The summed E-state index contributed by atoms with van der Waals surface area (Å²) >= 11 is 0. The molecule has 0 spiro atoms. The molecule has 0 radical (unpaired) electrons. The average molecular weight is 274 g/mol. The Morgan fingerprint density at radius 3 is 2.79 bits per heavy atom. The predicted octanol–water partition coefficient (Wildman–Crippen LogP) is -1.05. The van der Waals surface area contributed by atoms with Gasteiger partial charge in [-0.15, -0.1) is 0 Å². The molecule has 3 N–H and O–H groups in total. The highest BCUT2D eigenvalue weighted by Gasteiger charge is 2.45. The van der Waals surface area contributed by atoms with Crippen molar-refractivity contribution < 1.29 is 19.3 Å². The first-order valence-corrected chi connectivity index (χ1v) is 5.79. The summed E-state index contributed by atoms with van der Waals surface area (Å²) in [4.78, 5) is 24.4. The minimum atomic E-state index is -1.10. The largest absolute Gasteiger partial charge is 0.396 e. The van der Waals surface area contributed by atoms with Gasteiger partial charge in [0.15, 0.2) is 0 Å². The van der Waals surface area contributed by atoms with Gasteiger partial charge >= 0.3 is 5.69 Å². The van der Waals surface area contributed by atoms with Crippen LogP contribution >= 0.6 is 0 Å². The lowest BCUT2D eigenvalue weighted by Crippen LogP contribution is -2.34. The second-order valence-corrected chi connectivity index (χ2v) is 4.92. The van der Waals surface area contributed by atoms with E-state index < -0.39 is 34.8 Å². The van der Waals surface area contributed by atoms with Crippen LogP contribution in [0, 0.1) is 11.2 Å². The Hall–Kier alpha value is -1.51. The highest BCUT2D eigenvalue weighted by Crippen LogP contribution is 2.42. The summed E-state index contributed by atoms with van der Waals surface area (Å²) in [5.41, 5.74) is -2.62. The van der Waals surface area contributed by atoms with Crippen molar-refractivity contribution in [3.63, 3.8) is 0 Å². The second-order valence-electron chi connectivity index (χ2n) is 4.92. The molecular weight excluding hydrogens is 259 g/mol. The number of ether oxygens (including phenoxy) is 1. The maximum atomic E-state index is 13.2. The lowest BCUT2D eigenvalue weighted by molar-refractivity contribution is -0.0544. The minimum Gasteiger partial charge on any atom is -0.396 e. The Morgan fingerprint density at radius 2 is 2.26 bits per heavy atom. The summed E-state index contributed by atoms with van der Waals surface area (Å²) in [6.07, 6.45) is -0.513. The van der Waals surface area contributed by atoms with Gasteiger partial charge in [-0.3, -0.25) is 14.3 Å². The number of halogens is 1. The lowest BCUT2D eigenvalue weighted by Gasteiger charge is -2.25. The molecule has 0 amide bonds. The Morgan fingerprint density at radius 1 is 1.58 bits per heavy atom. The van der Waals surface area contributed by atoms with Crippen molar-refractivity contribution in [2.24, 2.45) is 5.41 Å². The summed E-state index contributed by atoms with van der Waals surface area (Å²) in [6.45, 7) is 1.13. The zero-order chi connectivity index (χ0) is 14.2. The van der Waals surface area contributed by atoms with Gasteiger partial charge in [-0.2, -0.15) is 4.39 Å². The molecule has 7 nitrogen and oxygen atoms in total. The van der Waals surface area contributed by atoms with E-state index in [0.29, 0.717) is 0 Å². The van der Waals surface area contributed by atoms with Gasteiger partial charge in [0.2, 0.25) is 5.82 Å². The van der Waals surface area contributed by atoms with Crippen LogP contribution < -0.4 is 11.2 Å². The molecule has 3 atom stereocenters. The number of hydrogen-bond donors (Lipinski definition) is 3. The molecule has 0 saturated carbocycles. The first-order chi connectivity index (χ1) is 8.91. The molecule has 2 heterocycles. The van der Waals surface area contributed by atoms with Crippen LogP contribution in [0.4, 0.5) is 4.39 Å². The average Bonchev–Trinajstić information content (AvgIpc) is 2.71. The number of hydrogen-bond acceptors (Lipinski definition) is 5. The first-order valence-electron chi connectivity index (χ1n) is 5.79. The lowest BCUT2D eigenvalue weighted by atomic mass is 9.84. The third-order valence-electron chi connectivity index (χ3n) is 3.50. The number of aromatic nitrogens is 2. The maximum absolute atomic E-state index is 13.2. The summed E-state index contributed by atoms with van der Waals surface area (Å²) in [7, 11) is 0. The van der Waals surface area contributed by atoms with Crippen LogP contribution in [-0.4, -0.2) is 39.1 Å². The van der Waals surface area contributed by atoms with E-state index in [9.17, 15) is 24.2 Å². The van der Waals surface area contributed by atoms with Gasteiger partial charge < -0.3 is 14.9 Å². The highest BCUT2D eigenvalue weighted by atomic mass is 19.1. The fourth-order valence-corrected chi connectivity index (χ4v) is 2.20. The third kappa shape index (κ3) is 2.34. The molecule has 1 aliphatic rings. The molecule has 0 bridgehead atoms. The van der Waals surface area contributed by atoms with E-state index in [-0.39, 0.29) is 19.6 Å². The minimum absolute atomic E-state index is 0.222. The summed E-state index contributed by atoms with van der Waals surface area (Å²) in [5, 5.41) is 18.6. The molecule has 1 fully saturated rings. The Balaban J connectivity index is 2.38. The van der Waals surface area contributed by atoms with Crippen molar-refractivity contribution in [3.05, 3.63) is 32.9 Å². The fraction of sp³-hybridized carbons (Fsp3) is 0.636. The molecule has 19 heavy (non-hydrogen) atoms. The van der Waals surface area contributed by atoms with Crippen LogP contribution in [0.25, 0.3) is 0 Å². The first kappa shape index (κ1) is 13.9. The van der Waals surface area contributed by atoms with Crippen LogP contribution in [0.15, 0.2) is 15.8 Å². The normalized spacial score (nSPS) is 30.7. The number of nitrogens with one attached hydrogen (secondary N) is 1. The monoisotopic (exact) mass is 274 g/mol. The SMILES string of the molecule is CC1(CO)CC(n2cc(F)c(=O)[nH]c2=O)OC1CO. The number of aliphatic hydroxyl groups excluding tert-OH is 2. The topological polar surface area (TPSA) is 105 Å². The van der Waals surface area contributed by atoms with Crippen LogP contribution in [0.2, 0.25) is 0 Å². The van der Waals surface area contributed by atoms with E-state index >= 15 is 0 Å². The van der Waals surface area contributed by atoms with Gasteiger partial charge in [-0.1, -0.05) is 6.92 Å². The van der Waals surface area contributed by atoms with Crippen LogP contribution in [0.5, 0.6) is 0 Å². The van der Waals surface area contributed by atoms with Crippen molar-refractivity contribution in [1.82, 2.24) is 9.55 Å². The molecule has 106 valence electrons. The second kappa shape index (κ2) is 4.87. The molecule has 2 rings (SSSR count). The van der Waals surface area contributed by atoms with E-state index in [1.54, 1.807) is 6.92 Å². The van der Waals surface area contributed by atoms with Gasteiger partial charge in [-0.25, -0.2) is 4.79 Å². The molecule has 1 aliphatic heterocycles. The number of aromatic amines is 1. The number of aliphatic hydroxyl groups is 2. The standard InChI is InChI=1S/C11H15FN2O5/c1-11(5-16)2-8(19-7(11)4-15)14-3-6(12)9(17)13-10(14)18/h3,7-8,15-16H,2,4-5H2,1H3,(H,13,17,18). The van der Waals surface area contributed by atoms with Crippen LogP contribution in [0.1, 0.15) is 19.6 Å². The van der Waals surface area contributed by atoms with Crippen molar-refractivity contribution in [2.45, 2.75) is 25.7 Å². The number of rotatable bonds is 3. The maximum Gasteiger partial charge on any atom is 0.330 e. The molecule has 1 aromatic rings. The Kier molecular flexibility index (Phi) is 3.57. The molecule has 0 aliphatic carbocycles. The van der Waals surface area contributed by atoms with E-state index in [0.717, 1.165) is 10.8 Å². The number of nitrogens with zero attached hydrogens (tertiary/aromatic N) is 1. The van der Waals surface area contributed by atoms with Crippen molar-refractivity contribution in [1.29, 1.82) is 0 Å². The predicted molar refractivity (Wildman–Crippen MR) is 62.1 cm³/mol. The fourth-order valence-electron chi connectivity index (χ4n) is 2.20. The van der Waals surface area contributed by atoms with Gasteiger partial charge in [0.25, 0.3) is 5.56 Å². The van der Waals surface area contributed by atoms with E-state index in [2.05, 4.69) is 0 Å². The third-order valence-corrected chi connectivity index (χ3v) is 3.50. The molecule has 0 aromatic carbocycles. The molecule has 1 aromatic heterocycles. The smallest absolute Gasteiger partial charge is 0.330 e. The Labute approximate surface area is 107 Å². The molecular formula is C11H15FN2O5. The van der Waals surface area contributed by atoms with Crippen LogP contribution in [0.3, 0.4) is 0 Å². The van der Waals surface area contributed by atoms with E-state index in [4.69, 9.17) is 4.74 Å². The zero-order valence-corrected chi connectivity index (χ0v) is 10.3. The van der Waals surface area contributed by atoms with E-state index in [1.807, 2.05) is 4.98 Å². The van der Waals surface area contributed by atoms with Crippen molar-refractivity contribution >= 4 is 0 Å². The van der Waals surface area contributed by atoms with Crippen molar-refractivity contribution in [2.75, 3.05) is 13.2 Å². The van der Waals surface area contributed by atoms with Gasteiger partial charge in [-0.05, 0) is 0 Å². The highest BCUT2D eigenvalue weighted by molar-refractivity contribution is 4.94. The summed E-state index contributed by atoms with van der Waals surface area (Å²) < 4.78 is 19.6. The van der Waals surface area contributed by atoms with Crippen molar-refractivity contribution in [3.8, 4) is 0 Å². The van der Waals surface area contributed by atoms with Gasteiger partial charge in [0.05, 0.1) is 25.5 Å². The zero-order valence-electron chi connectivity index (χ0n) is 10.3. The van der Waals surface area contributed by atoms with Crippen LogP contribution in [-0.2, 0) is 4.74 Å². The van der Waals surface area contributed by atoms with E-state index in [1.165, 1.54) is 0 Å². The number of H-pyrrole nitrogens is 1. The summed E-state index contributed by atoms with van der Waals surface area (Å²) in [6, 6.07) is 0.